The maximum Gasteiger partial charge on any atom is 0.373 e. The summed E-state index contributed by atoms with van der Waals surface area (Å²) in [5, 5.41) is 16.6. The van der Waals surface area contributed by atoms with Crippen LogP contribution in [0.5, 0.6) is 0 Å². The molecule has 1 amide bonds. The predicted octanol–water partition coefficient (Wildman–Crippen LogP) is 0.150. The van der Waals surface area contributed by atoms with Gasteiger partial charge in [0.05, 0.1) is 5.56 Å². The summed E-state index contributed by atoms with van der Waals surface area (Å²) >= 11 is 0. The molecule has 86 valence electrons. The van der Waals surface area contributed by atoms with E-state index in [4.69, 9.17) is 5.11 Å². The van der Waals surface area contributed by atoms with Crippen molar-refractivity contribution in [2.45, 2.75) is 0 Å². The first-order chi connectivity index (χ1) is 8.16. The summed E-state index contributed by atoms with van der Waals surface area (Å²) in [5.41, 5.74) is 0.328. The van der Waals surface area contributed by atoms with Crippen LogP contribution in [0.1, 0.15) is 21.0 Å². The average Bonchev–Trinajstić information content (AvgIpc) is 2.79. The van der Waals surface area contributed by atoms with Gasteiger partial charge in [0.25, 0.3) is 5.91 Å². The summed E-state index contributed by atoms with van der Waals surface area (Å²) in [4.78, 5) is 29.4. The molecule has 0 aliphatic carbocycles. The van der Waals surface area contributed by atoms with Crippen molar-refractivity contribution in [1.29, 1.82) is 0 Å². The van der Waals surface area contributed by atoms with Gasteiger partial charge in [-0.25, -0.2) is 4.79 Å². The van der Waals surface area contributed by atoms with Gasteiger partial charge in [0, 0.05) is 12.4 Å². The fourth-order valence-electron chi connectivity index (χ4n) is 1.08. The van der Waals surface area contributed by atoms with E-state index in [1.807, 2.05) is 0 Å². The Morgan fingerprint density at radius 2 is 2.24 bits per heavy atom. The number of pyridine rings is 1. The van der Waals surface area contributed by atoms with Crippen LogP contribution < -0.4 is 5.32 Å². The molecular formula is C9H7N5O3. The van der Waals surface area contributed by atoms with Gasteiger partial charge in [-0.3, -0.25) is 20.2 Å². The largest absolute Gasteiger partial charge is 0.475 e. The molecule has 0 aliphatic heterocycles. The van der Waals surface area contributed by atoms with Crippen LogP contribution in [0.3, 0.4) is 0 Å². The van der Waals surface area contributed by atoms with Crippen LogP contribution >= 0.6 is 0 Å². The fraction of sp³-hybridized carbons (Fsp3) is 0. The van der Waals surface area contributed by atoms with E-state index in [0.29, 0.717) is 5.56 Å². The third kappa shape index (κ3) is 2.43. The Hall–Kier alpha value is -2.77. The first-order valence-electron chi connectivity index (χ1n) is 4.54. The summed E-state index contributed by atoms with van der Waals surface area (Å²) < 4.78 is 0. The lowest BCUT2D eigenvalue weighted by Crippen LogP contribution is -2.13. The van der Waals surface area contributed by atoms with Crippen LogP contribution in [-0.2, 0) is 0 Å². The molecule has 8 nitrogen and oxygen atoms in total. The van der Waals surface area contributed by atoms with E-state index in [0.717, 1.165) is 0 Å². The van der Waals surface area contributed by atoms with Crippen LogP contribution in [0, 0.1) is 0 Å². The molecule has 2 aromatic heterocycles. The van der Waals surface area contributed by atoms with Crippen molar-refractivity contribution in [3.63, 3.8) is 0 Å². The minimum absolute atomic E-state index is 0.101. The van der Waals surface area contributed by atoms with Crippen LogP contribution in [0.15, 0.2) is 24.5 Å². The third-order valence-electron chi connectivity index (χ3n) is 1.84. The highest BCUT2D eigenvalue weighted by Crippen LogP contribution is 2.02. The number of nitrogens with one attached hydrogen (secondary N) is 2. The van der Waals surface area contributed by atoms with Crippen molar-refractivity contribution in [2.24, 2.45) is 0 Å². The Bertz CT molecular complexity index is 551. The molecular weight excluding hydrogens is 226 g/mol. The normalized spacial score (nSPS) is 9.88. The maximum absolute atomic E-state index is 11.6. The van der Waals surface area contributed by atoms with E-state index in [9.17, 15) is 9.59 Å². The zero-order valence-electron chi connectivity index (χ0n) is 8.41. The highest BCUT2D eigenvalue weighted by atomic mass is 16.4. The Morgan fingerprint density at radius 3 is 2.82 bits per heavy atom. The maximum atomic E-state index is 11.6. The van der Waals surface area contributed by atoms with E-state index in [1.165, 1.54) is 12.4 Å². The number of aromatic amines is 1. The second-order valence-corrected chi connectivity index (χ2v) is 3.01. The molecule has 0 fully saturated rings. The van der Waals surface area contributed by atoms with Gasteiger partial charge in [-0.1, -0.05) is 0 Å². The van der Waals surface area contributed by atoms with E-state index >= 15 is 0 Å². The highest BCUT2D eigenvalue weighted by Gasteiger charge is 2.12. The molecule has 0 spiro atoms. The number of hydrogen-bond acceptors (Lipinski definition) is 5. The summed E-state index contributed by atoms with van der Waals surface area (Å²) in [6.07, 6.45) is 2.91. The molecule has 3 N–H and O–H groups in total. The zero-order chi connectivity index (χ0) is 12.3. The van der Waals surface area contributed by atoms with E-state index in [1.54, 1.807) is 12.1 Å². The molecule has 0 aromatic carbocycles. The van der Waals surface area contributed by atoms with E-state index in [-0.39, 0.29) is 11.8 Å². The SMILES string of the molecule is O=C(Nc1n[nH]c(C(=O)O)n1)c1cccnc1. The minimum Gasteiger partial charge on any atom is -0.475 e. The van der Waals surface area contributed by atoms with Crippen molar-refractivity contribution in [3.8, 4) is 0 Å². The van der Waals surface area contributed by atoms with Gasteiger partial charge in [-0.15, -0.1) is 5.10 Å². The molecule has 0 unspecified atom stereocenters. The first-order valence-corrected chi connectivity index (χ1v) is 4.54. The molecule has 2 heterocycles. The molecule has 2 rings (SSSR count). The summed E-state index contributed by atoms with van der Waals surface area (Å²) in [6, 6.07) is 3.17. The topological polar surface area (TPSA) is 121 Å². The Balaban J connectivity index is 2.11. The van der Waals surface area contributed by atoms with Gasteiger partial charge in [0.15, 0.2) is 0 Å². The minimum atomic E-state index is -1.25. The molecule has 0 atom stereocenters. The second kappa shape index (κ2) is 4.39. The number of aromatic carboxylic acids is 1. The number of rotatable bonds is 3. The zero-order valence-corrected chi connectivity index (χ0v) is 8.41. The van der Waals surface area contributed by atoms with E-state index < -0.39 is 11.9 Å². The summed E-state index contributed by atoms with van der Waals surface area (Å²) in [6.45, 7) is 0. The van der Waals surface area contributed by atoms with Gasteiger partial charge >= 0.3 is 5.97 Å². The van der Waals surface area contributed by atoms with Gasteiger partial charge in [-0.05, 0) is 12.1 Å². The van der Waals surface area contributed by atoms with Gasteiger partial charge in [0.2, 0.25) is 11.8 Å². The van der Waals surface area contributed by atoms with Crippen LogP contribution in [0.2, 0.25) is 0 Å². The Kier molecular flexibility index (Phi) is 2.77. The molecule has 2 aromatic rings. The van der Waals surface area contributed by atoms with Crippen LogP contribution in [-0.4, -0.2) is 37.1 Å². The number of hydrogen-bond donors (Lipinski definition) is 3. The van der Waals surface area contributed by atoms with Gasteiger partial charge in [0.1, 0.15) is 0 Å². The third-order valence-corrected chi connectivity index (χ3v) is 1.84. The number of carboxylic acid groups (broad SMARTS) is 1. The van der Waals surface area contributed by atoms with Crippen molar-refractivity contribution in [2.75, 3.05) is 5.32 Å². The first kappa shape index (κ1) is 10.7. The lowest BCUT2D eigenvalue weighted by molar-refractivity contribution is 0.0683. The monoisotopic (exact) mass is 233 g/mol. The van der Waals surface area contributed by atoms with Crippen LogP contribution in [0.25, 0.3) is 0 Å². The quantitative estimate of drug-likeness (QED) is 0.693. The average molecular weight is 233 g/mol. The second-order valence-electron chi connectivity index (χ2n) is 3.01. The Morgan fingerprint density at radius 1 is 1.41 bits per heavy atom. The standard InChI is InChI=1S/C9H7N5O3/c15-7(5-2-1-3-10-4-5)12-9-11-6(8(16)17)13-14-9/h1-4H,(H,16,17)(H2,11,12,13,14,15). The number of carboxylic acids is 1. The highest BCUT2D eigenvalue weighted by molar-refractivity contribution is 6.03. The number of carbonyl (C=O) groups excluding carboxylic acids is 1. The Labute approximate surface area is 94.7 Å². The molecule has 0 aliphatic rings. The lowest BCUT2D eigenvalue weighted by Gasteiger charge is -1.98. The number of carbonyl (C=O) groups is 2. The smallest absolute Gasteiger partial charge is 0.373 e. The number of H-pyrrole nitrogens is 1. The van der Waals surface area contributed by atoms with Crippen molar-refractivity contribution < 1.29 is 14.7 Å². The van der Waals surface area contributed by atoms with Crippen molar-refractivity contribution in [3.05, 3.63) is 35.9 Å². The molecule has 0 saturated heterocycles. The van der Waals surface area contributed by atoms with Gasteiger partial charge < -0.3 is 5.11 Å². The number of aromatic nitrogens is 4. The predicted molar refractivity (Wildman–Crippen MR) is 55.5 cm³/mol. The molecule has 0 radical (unpaired) electrons. The molecule has 0 bridgehead atoms. The molecule has 0 saturated carbocycles. The van der Waals surface area contributed by atoms with E-state index in [2.05, 4.69) is 25.5 Å². The van der Waals surface area contributed by atoms with Crippen LogP contribution in [0.4, 0.5) is 5.95 Å². The molecule has 17 heavy (non-hydrogen) atoms. The van der Waals surface area contributed by atoms with Gasteiger partial charge in [-0.2, -0.15) is 4.98 Å². The van der Waals surface area contributed by atoms with Crippen molar-refractivity contribution >= 4 is 17.8 Å². The summed E-state index contributed by atoms with van der Waals surface area (Å²) in [7, 11) is 0. The number of nitrogens with zero attached hydrogens (tertiary/aromatic N) is 3. The number of anilines is 1. The number of amides is 1. The lowest BCUT2D eigenvalue weighted by atomic mass is 10.3. The molecule has 8 heteroatoms. The summed E-state index contributed by atoms with van der Waals surface area (Å²) in [5.74, 6) is -2.16. The fourth-order valence-corrected chi connectivity index (χ4v) is 1.08. The van der Waals surface area contributed by atoms with Crippen molar-refractivity contribution in [1.82, 2.24) is 20.2 Å².